The van der Waals surface area contributed by atoms with Gasteiger partial charge < -0.3 is 14.4 Å². The highest BCUT2D eigenvalue weighted by molar-refractivity contribution is 5.96. The van der Waals surface area contributed by atoms with Crippen LogP contribution in [0.4, 0.5) is 0 Å². The first-order valence-corrected chi connectivity index (χ1v) is 11.6. The van der Waals surface area contributed by atoms with E-state index in [2.05, 4.69) is 6.92 Å². The van der Waals surface area contributed by atoms with Gasteiger partial charge in [0, 0.05) is 12.6 Å². The van der Waals surface area contributed by atoms with E-state index < -0.39 is 0 Å². The van der Waals surface area contributed by atoms with Crippen LogP contribution in [0.1, 0.15) is 94.3 Å². The van der Waals surface area contributed by atoms with Crippen LogP contribution in [-0.2, 0) is 9.53 Å². The lowest BCUT2D eigenvalue weighted by molar-refractivity contribution is -0.144. The molecule has 0 heterocycles. The van der Waals surface area contributed by atoms with Gasteiger partial charge in [-0.25, -0.2) is 0 Å². The predicted molar refractivity (Wildman–Crippen MR) is 122 cm³/mol. The van der Waals surface area contributed by atoms with Crippen molar-refractivity contribution in [3.63, 3.8) is 0 Å². The molecule has 0 atom stereocenters. The number of hydrogen-bond acceptors (Lipinski definition) is 4. The van der Waals surface area contributed by atoms with Gasteiger partial charge in [-0.2, -0.15) is 0 Å². The minimum absolute atomic E-state index is 0.0473. The second-order valence-corrected chi connectivity index (χ2v) is 8.00. The van der Waals surface area contributed by atoms with E-state index >= 15 is 0 Å². The van der Waals surface area contributed by atoms with Crippen molar-refractivity contribution in [2.45, 2.75) is 84.0 Å². The number of amides is 1. The second kappa shape index (κ2) is 16.7. The van der Waals surface area contributed by atoms with Crippen molar-refractivity contribution in [1.82, 2.24) is 4.90 Å². The third-order valence-electron chi connectivity index (χ3n) is 5.29. The first-order chi connectivity index (χ1) is 14.6. The molecule has 0 radical (unpaired) electrons. The molecule has 0 aromatic heterocycles. The number of likely N-dealkylation sites (N-methyl/N-ethyl adjacent to an activating group) is 1. The lowest BCUT2D eigenvalue weighted by Crippen LogP contribution is -2.33. The lowest BCUT2D eigenvalue weighted by Gasteiger charge is -2.16. The molecule has 1 aromatic carbocycles. The number of rotatable bonds is 17. The van der Waals surface area contributed by atoms with Crippen LogP contribution in [0.3, 0.4) is 0 Å². The first kappa shape index (κ1) is 26.0. The van der Waals surface area contributed by atoms with Crippen molar-refractivity contribution in [1.29, 1.82) is 0 Å². The molecule has 1 aromatic rings. The maximum atomic E-state index is 12.4. The highest BCUT2D eigenvalue weighted by atomic mass is 16.5. The molecule has 1 amide bonds. The van der Waals surface area contributed by atoms with E-state index in [0.29, 0.717) is 17.9 Å². The van der Waals surface area contributed by atoms with E-state index in [4.69, 9.17) is 9.47 Å². The summed E-state index contributed by atoms with van der Waals surface area (Å²) in [5.41, 5.74) is 0.491. The van der Waals surface area contributed by atoms with Crippen LogP contribution in [0, 0.1) is 0 Å². The Labute approximate surface area is 183 Å². The zero-order valence-corrected chi connectivity index (χ0v) is 19.3. The molecule has 0 spiro atoms. The average Bonchev–Trinajstić information content (AvgIpc) is 2.76. The van der Waals surface area contributed by atoms with Crippen LogP contribution in [0.15, 0.2) is 24.3 Å². The summed E-state index contributed by atoms with van der Waals surface area (Å²) in [5.74, 6) is 0.0248. The van der Waals surface area contributed by atoms with Gasteiger partial charge in [-0.05, 0) is 24.6 Å². The van der Waals surface area contributed by atoms with Crippen LogP contribution in [0.2, 0.25) is 0 Å². The molecule has 170 valence electrons. The van der Waals surface area contributed by atoms with Crippen LogP contribution in [-0.4, -0.2) is 44.1 Å². The summed E-state index contributed by atoms with van der Waals surface area (Å²) in [6.45, 7) is 2.63. The minimum atomic E-state index is -0.364. The number of benzene rings is 1. The molecule has 0 bridgehead atoms. The number of esters is 1. The largest absolute Gasteiger partial charge is 0.497 e. The van der Waals surface area contributed by atoms with Gasteiger partial charge in [-0.1, -0.05) is 83.6 Å². The highest BCUT2D eigenvalue weighted by Crippen LogP contribution is 2.14. The van der Waals surface area contributed by atoms with Crippen LogP contribution in [0.25, 0.3) is 0 Å². The lowest BCUT2D eigenvalue weighted by atomic mass is 10.1. The van der Waals surface area contributed by atoms with Gasteiger partial charge in [0.25, 0.3) is 5.91 Å². The van der Waals surface area contributed by atoms with Crippen molar-refractivity contribution in [3.8, 4) is 5.75 Å². The van der Waals surface area contributed by atoms with Gasteiger partial charge in [0.1, 0.15) is 12.3 Å². The summed E-state index contributed by atoms with van der Waals surface area (Å²) in [5, 5.41) is 0. The molecule has 0 aliphatic heterocycles. The summed E-state index contributed by atoms with van der Waals surface area (Å²) in [7, 11) is 3.16. The SMILES string of the molecule is CCCCCCCCCCCCCCOC(=O)CN(C)C(=O)c1cccc(OC)c1. The number of carbonyl (C=O) groups is 2. The maximum Gasteiger partial charge on any atom is 0.325 e. The molecule has 1 rings (SSSR count). The maximum absolute atomic E-state index is 12.4. The fourth-order valence-electron chi connectivity index (χ4n) is 3.42. The third kappa shape index (κ3) is 11.8. The van der Waals surface area contributed by atoms with Crippen molar-refractivity contribution in [2.24, 2.45) is 0 Å². The molecular weight excluding hydrogens is 378 g/mol. The van der Waals surface area contributed by atoms with Gasteiger partial charge >= 0.3 is 5.97 Å². The van der Waals surface area contributed by atoms with E-state index in [-0.39, 0.29) is 18.4 Å². The van der Waals surface area contributed by atoms with Crippen molar-refractivity contribution < 1.29 is 19.1 Å². The van der Waals surface area contributed by atoms with Gasteiger partial charge in [0.05, 0.1) is 13.7 Å². The Morgan fingerprint density at radius 1 is 0.867 bits per heavy atom. The third-order valence-corrected chi connectivity index (χ3v) is 5.29. The first-order valence-electron chi connectivity index (χ1n) is 11.6. The quantitative estimate of drug-likeness (QED) is 0.229. The Morgan fingerprint density at radius 3 is 2.00 bits per heavy atom. The number of nitrogens with zero attached hydrogens (tertiary/aromatic N) is 1. The molecule has 0 saturated carbocycles. The normalized spacial score (nSPS) is 10.6. The Morgan fingerprint density at radius 2 is 1.43 bits per heavy atom. The van der Waals surface area contributed by atoms with Crippen molar-refractivity contribution in [3.05, 3.63) is 29.8 Å². The summed E-state index contributed by atoms with van der Waals surface area (Å²) < 4.78 is 10.4. The number of carbonyl (C=O) groups excluding carboxylic acids is 2. The topological polar surface area (TPSA) is 55.8 Å². The Kier molecular flexibility index (Phi) is 14.5. The van der Waals surface area contributed by atoms with Crippen LogP contribution < -0.4 is 4.74 Å². The van der Waals surface area contributed by atoms with Gasteiger partial charge in [0.2, 0.25) is 0 Å². The Bertz CT molecular complexity index is 603. The van der Waals surface area contributed by atoms with E-state index in [1.165, 1.54) is 69.1 Å². The van der Waals surface area contributed by atoms with Gasteiger partial charge in [0.15, 0.2) is 0 Å². The summed E-state index contributed by atoms with van der Waals surface area (Å²) in [6.07, 6.45) is 15.3. The monoisotopic (exact) mass is 419 g/mol. The molecule has 0 aliphatic carbocycles. The van der Waals surface area contributed by atoms with E-state index in [1.807, 2.05) is 0 Å². The molecule has 5 heteroatoms. The highest BCUT2D eigenvalue weighted by Gasteiger charge is 2.16. The molecule has 5 nitrogen and oxygen atoms in total. The van der Waals surface area contributed by atoms with Crippen LogP contribution in [0.5, 0.6) is 5.75 Å². The van der Waals surface area contributed by atoms with E-state index in [0.717, 1.165) is 12.8 Å². The zero-order chi connectivity index (χ0) is 22.0. The molecule has 30 heavy (non-hydrogen) atoms. The second-order valence-electron chi connectivity index (χ2n) is 8.00. The van der Waals surface area contributed by atoms with Gasteiger partial charge in [-0.3, -0.25) is 9.59 Å². The predicted octanol–water partition coefficient (Wildman–Crippen LogP) is 6.01. The van der Waals surface area contributed by atoms with Crippen LogP contribution >= 0.6 is 0 Å². The Hall–Kier alpha value is -2.04. The van der Waals surface area contributed by atoms with Gasteiger partial charge in [-0.15, -0.1) is 0 Å². The fourth-order valence-corrected chi connectivity index (χ4v) is 3.42. The minimum Gasteiger partial charge on any atom is -0.497 e. The standard InChI is InChI=1S/C25H41NO4/c1-4-5-6-7-8-9-10-11-12-13-14-15-19-30-24(27)21-26(2)25(28)22-17-16-18-23(20-22)29-3/h16-18,20H,4-15,19,21H2,1-3H3. The fraction of sp³-hybridized carbons (Fsp3) is 0.680. The number of hydrogen-bond donors (Lipinski definition) is 0. The molecule has 0 unspecified atom stereocenters. The molecule has 0 saturated heterocycles. The molecule has 0 fully saturated rings. The molecular formula is C25H41NO4. The number of ether oxygens (including phenoxy) is 2. The number of unbranched alkanes of at least 4 members (excludes halogenated alkanes) is 11. The average molecular weight is 420 g/mol. The Balaban J connectivity index is 2.03. The summed E-state index contributed by atoms with van der Waals surface area (Å²) >= 11 is 0. The van der Waals surface area contributed by atoms with E-state index in [1.54, 1.807) is 38.4 Å². The number of methoxy groups -OCH3 is 1. The molecule has 0 N–H and O–H groups in total. The summed E-state index contributed by atoms with van der Waals surface area (Å²) in [4.78, 5) is 25.7. The summed E-state index contributed by atoms with van der Waals surface area (Å²) in [6, 6.07) is 6.90. The van der Waals surface area contributed by atoms with E-state index in [9.17, 15) is 9.59 Å². The zero-order valence-electron chi connectivity index (χ0n) is 19.3. The smallest absolute Gasteiger partial charge is 0.325 e. The van der Waals surface area contributed by atoms with Crippen molar-refractivity contribution in [2.75, 3.05) is 27.3 Å². The van der Waals surface area contributed by atoms with Crippen molar-refractivity contribution >= 4 is 11.9 Å². The molecule has 0 aliphatic rings.